The highest BCUT2D eigenvalue weighted by Crippen LogP contribution is 2.69. The first-order chi connectivity index (χ1) is 17.3. The van der Waals surface area contributed by atoms with E-state index in [4.69, 9.17) is 5.73 Å². The van der Waals surface area contributed by atoms with Gasteiger partial charge in [-0.1, -0.05) is 53.9 Å². The van der Waals surface area contributed by atoms with Crippen LogP contribution in [0.1, 0.15) is 93.9 Å². The minimum atomic E-state index is -1.07. The fourth-order valence-corrected chi connectivity index (χ4v) is 5.92. The van der Waals surface area contributed by atoms with Gasteiger partial charge in [-0.05, 0) is 62.2 Å². The van der Waals surface area contributed by atoms with Gasteiger partial charge in [-0.15, -0.1) is 0 Å². The zero-order chi connectivity index (χ0) is 28.8. The molecule has 2 aliphatic carbocycles. The molecular formula is C28H47N5O5. The van der Waals surface area contributed by atoms with Gasteiger partial charge in [-0.25, -0.2) is 4.79 Å². The van der Waals surface area contributed by atoms with Crippen LogP contribution in [-0.4, -0.2) is 64.6 Å². The number of carbonyl (C=O) groups excluding carboxylic acids is 5. The number of urea groups is 1. The first-order valence-corrected chi connectivity index (χ1v) is 13.8. The van der Waals surface area contributed by atoms with Crippen molar-refractivity contribution in [1.82, 2.24) is 20.9 Å². The van der Waals surface area contributed by atoms with Gasteiger partial charge in [0.05, 0.1) is 6.04 Å². The molecule has 0 aromatic carbocycles. The number of carbonyl (C=O) groups is 5. The van der Waals surface area contributed by atoms with Gasteiger partial charge in [0, 0.05) is 12.1 Å². The van der Waals surface area contributed by atoms with Crippen LogP contribution in [0, 0.1) is 22.2 Å². The Morgan fingerprint density at radius 1 is 1.00 bits per heavy atom. The number of hydrogen-bond acceptors (Lipinski definition) is 5. The number of rotatable bonds is 8. The molecule has 3 aliphatic rings. The van der Waals surface area contributed by atoms with Crippen LogP contribution in [0.2, 0.25) is 0 Å². The van der Waals surface area contributed by atoms with Gasteiger partial charge in [0.25, 0.3) is 5.91 Å². The Balaban J connectivity index is 1.86. The van der Waals surface area contributed by atoms with Gasteiger partial charge in [-0.3, -0.25) is 19.2 Å². The molecule has 0 bridgehead atoms. The maximum Gasteiger partial charge on any atom is 0.315 e. The second kappa shape index (κ2) is 10.2. The van der Waals surface area contributed by atoms with Gasteiger partial charge >= 0.3 is 6.03 Å². The third-order valence-electron chi connectivity index (χ3n) is 8.66. The van der Waals surface area contributed by atoms with E-state index in [1.807, 2.05) is 41.5 Å². The normalized spacial score (nSPS) is 26.2. The molecule has 1 saturated heterocycles. The summed E-state index contributed by atoms with van der Waals surface area (Å²) in [6.07, 6.45) is 4.64. The Kier molecular flexibility index (Phi) is 7.99. The van der Waals surface area contributed by atoms with Crippen LogP contribution in [0.4, 0.5) is 4.79 Å². The molecule has 38 heavy (non-hydrogen) atoms. The quantitative estimate of drug-likeness (QED) is 0.353. The number of likely N-dealkylation sites (tertiary alicyclic amines) is 1. The highest BCUT2D eigenvalue weighted by Gasteiger charge is 2.67. The van der Waals surface area contributed by atoms with Gasteiger partial charge in [0.1, 0.15) is 12.1 Å². The predicted octanol–water partition coefficient (Wildman–Crippen LogP) is 2.25. The summed E-state index contributed by atoms with van der Waals surface area (Å²) < 4.78 is 0. The van der Waals surface area contributed by atoms with Crippen molar-refractivity contribution in [3.05, 3.63) is 0 Å². The highest BCUT2D eigenvalue weighted by atomic mass is 16.2. The van der Waals surface area contributed by atoms with Crippen LogP contribution in [0.5, 0.6) is 0 Å². The second-order valence-electron chi connectivity index (χ2n) is 14.5. The van der Waals surface area contributed by atoms with Crippen molar-refractivity contribution in [2.45, 2.75) is 118 Å². The number of nitrogens with two attached hydrogens (primary N) is 1. The van der Waals surface area contributed by atoms with Crippen molar-refractivity contribution < 1.29 is 24.0 Å². The summed E-state index contributed by atoms with van der Waals surface area (Å²) in [6.45, 7) is 15.8. The monoisotopic (exact) mass is 533 g/mol. The molecule has 214 valence electrons. The van der Waals surface area contributed by atoms with Crippen LogP contribution in [0.25, 0.3) is 0 Å². The minimum Gasteiger partial charge on any atom is -0.363 e. The smallest absolute Gasteiger partial charge is 0.315 e. The number of nitrogens with one attached hydrogen (secondary N) is 3. The van der Waals surface area contributed by atoms with Crippen LogP contribution in [0.15, 0.2) is 0 Å². The fourth-order valence-electron chi connectivity index (χ4n) is 5.92. The van der Waals surface area contributed by atoms with Crippen molar-refractivity contribution in [2.24, 2.45) is 27.9 Å². The third kappa shape index (κ3) is 6.49. The third-order valence-corrected chi connectivity index (χ3v) is 8.66. The van der Waals surface area contributed by atoms with Crippen LogP contribution in [-0.2, 0) is 19.2 Å². The van der Waals surface area contributed by atoms with E-state index < -0.39 is 52.7 Å². The molecule has 0 radical (unpaired) electrons. The van der Waals surface area contributed by atoms with Gasteiger partial charge in [-0.2, -0.15) is 0 Å². The summed E-state index contributed by atoms with van der Waals surface area (Å²) in [5, 5.41) is 8.47. The molecule has 0 aromatic heterocycles. The summed E-state index contributed by atoms with van der Waals surface area (Å²) in [4.78, 5) is 66.4. The zero-order valence-electron chi connectivity index (χ0n) is 24.3. The molecule has 5 amide bonds. The number of nitrogens with zero attached hydrogens (tertiary/aromatic N) is 1. The highest BCUT2D eigenvalue weighted by molar-refractivity contribution is 6.37. The minimum absolute atomic E-state index is 0.0385. The second-order valence-corrected chi connectivity index (χ2v) is 14.5. The summed E-state index contributed by atoms with van der Waals surface area (Å²) >= 11 is 0. The lowest BCUT2D eigenvalue weighted by Crippen LogP contribution is -2.61. The van der Waals surface area contributed by atoms with Crippen molar-refractivity contribution in [3.8, 4) is 0 Å². The maximum absolute atomic E-state index is 14.1. The predicted molar refractivity (Wildman–Crippen MR) is 144 cm³/mol. The number of Topliss-reactive ketones (excluding diaryl/α,β-unsaturated/α-hetero) is 1. The summed E-state index contributed by atoms with van der Waals surface area (Å²) in [7, 11) is 0. The lowest BCUT2D eigenvalue weighted by molar-refractivity contribution is -0.143. The zero-order valence-corrected chi connectivity index (χ0v) is 24.3. The Morgan fingerprint density at radius 3 is 2.00 bits per heavy atom. The average Bonchev–Trinajstić information content (AvgIpc) is 3.05. The Bertz CT molecular complexity index is 991. The Hall–Kier alpha value is -2.65. The van der Waals surface area contributed by atoms with E-state index in [-0.39, 0.29) is 22.7 Å². The van der Waals surface area contributed by atoms with Gasteiger partial charge in [0.2, 0.25) is 17.6 Å². The van der Waals surface area contributed by atoms with Crippen molar-refractivity contribution in [1.29, 1.82) is 0 Å². The summed E-state index contributed by atoms with van der Waals surface area (Å²) in [5.74, 6) is -2.41. The molecular weight excluding hydrogens is 486 g/mol. The molecule has 3 fully saturated rings. The van der Waals surface area contributed by atoms with E-state index in [2.05, 4.69) is 29.8 Å². The van der Waals surface area contributed by atoms with E-state index in [1.165, 1.54) is 0 Å². The van der Waals surface area contributed by atoms with Crippen LogP contribution in [0.3, 0.4) is 0 Å². The molecule has 5 N–H and O–H groups in total. The molecule has 10 heteroatoms. The lowest BCUT2D eigenvalue weighted by Gasteiger charge is -2.36. The molecule has 1 aliphatic heterocycles. The largest absolute Gasteiger partial charge is 0.363 e. The van der Waals surface area contributed by atoms with E-state index in [9.17, 15) is 24.0 Å². The van der Waals surface area contributed by atoms with Crippen molar-refractivity contribution in [3.63, 3.8) is 0 Å². The summed E-state index contributed by atoms with van der Waals surface area (Å²) in [5.41, 5.74) is 3.93. The van der Waals surface area contributed by atoms with Crippen LogP contribution < -0.4 is 21.7 Å². The average molecular weight is 534 g/mol. The maximum atomic E-state index is 14.1. The first kappa shape index (κ1) is 29.9. The molecule has 3 rings (SSSR count). The molecule has 10 nitrogen and oxygen atoms in total. The Labute approximate surface area is 226 Å². The van der Waals surface area contributed by atoms with Crippen molar-refractivity contribution >= 4 is 29.5 Å². The molecule has 1 unspecified atom stereocenters. The van der Waals surface area contributed by atoms with Crippen LogP contribution >= 0.6 is 0 Å². The lowest BCUT2D eigenvalue weighted by atomic mass is 9.80. The molecule has 1 heterocycles. The standard InChI is InChI=1S/C28H47N5O5/c1-25(2,3)20(31-24(38)32-26(4,5)6)23(37)33-15-28(14-27(28,7)8)13-18(33)22(36)30-17(19(34)21(29)35)12-16-10-9-11-16/h16-18,20H,9-15H2,1-8H3,(H2,29,35)(H,30,36)(H2,31,32,38)/t17?,18-,20+,28-/m0/s1. The number of ketones is 1. The van der Waals surface area contributed by atoms with Gasteiger partial charge in [0.15, 0.2) is 0 Å². The van der Waals surface area contributed by atoms with E-state index in [1.54, 1.807) is 4.90 Å². The summed E-state index contributed by atoms with van der Waals surface area (Å²) in [6, 6.07) is -3.15. The SMILES string of the molecule is CC(C)(C)NC(=O)N[C@H](C(=O)N1C[C@]2(C[C@H]1C(=O)NC(CC1CCC1)C(=O)C(N)=O)CC2(C)C)C(C)(C)C. The number of hydrogen-bond donors (Lipinski definition) is 4. The van der Waals surface area contributed by atoms with E-state index >= 15 is 0 Å². The number of primary amides is 1. The Morgan fingerprint density at radius 2 is 1.58 bits per heavy atom. The molecule has 2 saturated carbocycles. The fraction of sp³-hybridized carbons (Fsp3) is 0.821. The topological polar surface area (TPSA) is 151 Å². The molecule has 4 atom stereocenters. The first-order valence-electron chi connectivity index (χ1n) is 13.8. The van der Waals surface area contributed by atoms with E-state index in [0.29, 0.717) is 19.4 Å². The molecule has 1 spiro atoms. The van der Waals surface area contributed by atoms with Gasteiger partial charge < -0.3 is 26.6 Å². The molecule has 0 aromatic rings. The van der Waals surface area contributed by atoms with E-state index in [0.717, 1.165) is 25.7 Å². The van der Waals surface area contributed by atoms with Crippen molar-refractivity contribution in [2.75, 3.05) is 6.54 Å². The number of amides is 5.